The van der Waals surface area contributed by atoms with E-state index in [-0.39, 0.29) is 12.6 Å². The van der Waals surface area contributed by atoms with Crippen LogP contribution in [0.1, 0.15) is 32.0 Å². The summed E-state index contributed by atoms with van der Waals surface area (Å²) in [7, 11) is 1.79. The largest absolute Gasteiger partial charge is 0.480 e. The van der Waals surface area contributed by atoms with Gasteiger partial charge in [-0.2, -0.15) is 4.98 Å². The number of nitrogens with zero attached hydrogens (tertiary/aromatic N) is 4. The highest BCUT2D eigenvalue weighted by Gasteiger charge is 2.23. The second kappa shape index (κ2) is 9.10. The Morgan fingerprint density at radius 1 is 1.50 bits per heavy atom. The second-order valence-electron chi connectivity index (χ2n) is 6.86. The molecule has 2 heterocycles. The maximum absolute atomic E-state index is 10.7. The van der Waals surface area contributed by atoms with E-state index in [1.165, 1.54) is 0 Å². The Morgan fingerprint density at radius 3 is 3.00 bits per heavy atom. The minimum atomic E-state index is -0.829. The molecular weight excluding hydrogens is 312 g/mol. The van der Waals surface area contributed by atoms with Crippen LogP contribution < -0.4 is 0 Å². The van der Waals surface area contributed by atoms with E-state index in [0.717, 1.165) is 31.8 Å². The van der Waals surface area contributed by atoms with Gasteiger partial charge >= 0.3 is 5.97 Å². The summed E-state index contributed by atoms with van der Waals surface area (Å²) in [5.74, 6) is 1.19. The lowest BCUT2D eigenvalue weighted by molar-refractivity contribution is -0.138. The van der Waals surface area contributed by atoms with Gasteiger partial charge in [-0.15, -0.1) is 0 Å². The predicted octanol–water partition coefficient (Wildman–Crippen LogP) is 0.875. The summed E-state index contributed by atoms with van der Waals surface area (Å²) >= 11 is 0. The summed E-state index contributed by atoms with van der Waals surface area (Å²) in [5, 5.41) is 12.9. The molecule has 8 nitrogen and oxygen atoms in total. The third-order valence-corrected chi connectivity index (χ3v) is 3.96. The van der Waals surface area contributed by atoms with Gasteiger partial charge in [0.25, 0.3) is 0 Å². The molecule has 0 bridgehead atoms. The average Bonchev–Trinajstić information content (AvgIpc) is 2.92. The standard InChI is InChI=1S/C16H28N4O4/c1-12(2)4-5-14-17-15(24-18-14)10-20-6-7-23-13(9-20)8-19(3)11-16(21)22/h12-13H,4-11H2,1-3H3,(H,21,22). The third-order valence-electron chi connectivity index (χ3n) is 3.96. The fraction of sp³-hybridized carbons (Fsp3) is 0.812. The zero-order valence-electron chi connectivity index (χ0n) is 14.8. The van der Waals surface area contributed by atoms with Gasteiger partial charge in [0.1, 0.15) is 0 Å². The molecule has 1 aromatic heterocycles. The minimum absolute atomic E-state index is 0.00793. The number of carboxylic acid groups (broad SMARTS) is 1. The maximum atomic E-state index is 10.7. The Labute approximate surface area is 142 Å². The smallest absolute Gasteiger partial charge is 0.317 e. The Morgan fingerprint density at radius 2 is 2.29 bits per heavy atom. The number of rotatable bonds is 9. The summed E-state index contributed by atoms with van der Waals surface area (Å²) in [6.45, 7) is 7.73. The highest BCUT2D eigenvalue weighted by Crippen LogP contribution is 2.12. The van der Waals surface area contributed by atoms with Crippen LogP contribution in [0, 0.1) is 5.92 Å². The number of hydrogen-bond acceptors (Lipinski definition) is 7. The van der Waals surface area contributed by atoms with E-state index in [1.807, 2.05) is 0 Å². The van der Waals surface area contributed by atoms with Crippen LogP contribution in [-0.2, 0) is 22.5 Å². The molecule has 0 saturated carbocycles. The van der Waals surface area contributed by atoms with Crippen LogP contribution in [0.25, 0.3) is 0 Å². The van der Waals surface area contributed by atoms with Crippen molar-refractivity contribution >= 4 is 5.97 Å². The quantitative estimate of drug-likeness (QED) is 0.708. The number of hydrogen-bond donors (Lipinski definition) is 1. The highest BCUT2D eigenvalue weighted by molar-refractivity contribution is 5.69. The fourth-order valence-electron chi connectivity index (χ4n) is 2.74. The van der Waals surface area contributed by atoms with Gasteiger partial charge in [-0.1, -0.05) is 19.0 Å². The summed E-state index contributed by atoms with van der Waals surface area (Å²) < 4.78 is 11.1. The van der Waals surface area contributed by atoms with Crippen LogP contribution >= 0.6 is 0 Å². The normalized spacial score (nSPS) is 19.3. The summed E-state index contributed by atoms with van der Waals surface area (Å²) in [4.78, 5) is 19.2. The number of carbonyl (C=O) groups is 1. The molecule has 24 heavy (non-hydrogen) atoms. The first-order valence-corrected chi connectivity index (χ1v) is 8.48. The topological polar surface area (TPSA) is 91.9 Å². The predicted molar refractivity (Wildman–Crippen MR) is 87.6 cm³/mol. The van der Waals surface area contributed by atoms with Gasteiger partial charge in [0.2, 0.25) is 5.89 Å². The molecule has 1 saturated heterocycles. The van der Waals surface area contributed by atoms with Crippen molar-refractivity contribution in [1.82, 2.24) is 19.9 Å². The molecule has 0 radical (unpaired) electrons. The SMILES string of the molecule is CC(C)CCc1noc(CN2CCOC(CN(C)CC(=O)O)C2)n1. The zero-order chi connectivity index (χ0) is 17.5. The lowest BCUT2D eigenvalue weighted by atomic mass is 10.1. The van der Waals surface area contributed by atoms with Crippen molar-refractivity contribution < 1.29 is 19.2 Å². The van der Waals surface area contributed by atoms with Gasteiger partial charge in [-0.25, -0.2) is 0 Å². The zero-order valence-corrected chi connectivity index (χ0v) is 14.8. The highest BCUT2D eigenvalue weighted by atomic mass is 16.5. The molecule has 1 aliphatic rings. The number of morpholine rings is 1. The van der Waals surface area contributed by atoms with Crippen molar-refractivity contribution in [3.63, 3.8) is 0 Å². The first kappa shape index (κ1) is 18.8. The van der Waals surface area contributed by atoms with E-state index < -0.39 is 5.97 Å². The molecule has 0 spiro atoms. The van der Waals surface area contributed by atoms with Crippen LogP contribution in [-0.4, -0.2) is 77.0 Å². The molecule has 1 aliphatic heterocycles. The van der Waals surface area contributed by atoms with E-state index in [1.54, 1.807) is 11.9 Å². The Balaban J connectivity index is 1.79. The molecule has 1 N–H and O–H groups in total. The van der Waals surface area contributed by atoms with Crippen LogP contribution in [0.4, 0.5) is 0 Å². The van der Waals surface area contributed by atoms with Crippen molar-refractivity contribution in [2.75, 3.05) is 39.8 Å². The van der Waals surface area contributed by atoms with Crippen molar-refractivity contribution in [3.8, 4) is 0 Å². The number of likely N-dealkylation sites (N-methyl/N-ethyl adjacent to an activating group) is 1. The van der Waals surface area contributed by atoms with Crippen LogP contribution in [0.3, 0.4) is 0 Å². The van der Waals surface area contributed by atoms with Gasteiger partial charge < -0.3 is 14.4 Å². The molecular formula is C16H28N4O4. The first-order valence-electron chi connectivity index (χ1n) is 8.48. The number of aryl methyl sites for hydroxylation is 1. The van der Waals surface area contributed by atoms with Crippen molar-refractivity contribution in [1.29, 1.82) is 0 Å². The summed E-state index contributed by atoms with van der Waals surface area (Å²) in [6, 6.07) is 0. The van der Waals surface area contributed by atoms with Crippen LogP contribution in [0.2, 0.25) is 0 Å². The van der Waals surface area contributed by atoms with Crippen LogP contribution in [0.15, 0.2) is 4.52 Å². The second-order valence-corrected chi connectivity index (χ2v) is 6.86. The monoisotopic (exact) mass is 340 g/mol. The lowest BCUT2D eigenvalue weighted by Gasteiger charge is -2.33. The molecule has 0 aromatic carbocycles. The fourth-order valence-corrected chi connectivity index (χ4v) is 2.74. The first-order chi connectivity index (χ1) is 11.4. The van der Waals surface area contributed by atoms with Gasteiger partial charge in [-0.3, -0.25) is 14.6 Å². The van der Waals surface area contributed by atoms with Crippen molar-refractivity contribution in [2.45, 2.75) is 39.3 Å². The molecule has 0 aliphatic carbocycles. The molecule has 0 amide bonds. The van der Waals surface area contributed by atoms with Gasteiger partial charge in [-0.05, 0) is 19.4 Å². The van der Waals surface area contributed by atoms with Gasteiger partial charge in [0.15, 0.2) is 5.82 Å². The number of aromatic nitrogens is 2. The molecule has 1 unspecified atom stereocenters. The van der Waals surface area contributed by atoms with E-state index in [4.69, 9.17) is 14.4 Å². The van der Waals surface area contributed by atoms with Crippen molar-refractivity contribution in [3.05, 3.63) is 11.7 Å². The third kappa shape index (κ3) is 6.54. The van der Waals surface area contributed by atoms with Crippen LogP contribution in [0.5, 0.6) is 0 Å². The number of ether oxygens (including phenoxy) is 1. The Bertz CT molecular complexity index is 520. The Hall–Kier alpha value is -1.51. The molecule has 136 valence electrons. The van der Waals surface area contributed by atoms with E-state index in [0.29, 0.717) is 31.5 Å². The molecule has 8 heteroatoms. The van der Waals surface area contributed by atoms with E-state index in [2.05, 4.69) is 28.9 Å². The van der Waals surface area contributed by atoms with Gasteiger partial charge in [0.05, 0.1) is 25.8 Å². The maximum Gasteiger partial charge on any atom is 0.317 e. The number of carboxylic acids is 1. The molecule has 1 atom stereocenters. The Kier molecular flexibility index (Phi) is 7.14. The van der Waals surface area contributed by atoms with Gasteiger partial charge in [0, 0.05) is 26.1 Å². The minimum Gasteiger partial charge on any atom is -0.480 e. The average molecular weight is 340 g/mol. The van der Waals surface area contributed by atoms with Crippen molar-refractivity contribution in [2.24, 2.45) is 5.92 Å². The number of aliphatic carboxylic acids is 1. The summed E-state index contributed by atoms with van der Waals surface area (Å²) in [5.41, 5.74) is 0. The van der Waals surface area contributed by atoms with E-state index >= 15 is 0 Å². The van der Waals surface area contributed by atoms with E-state index in [9.17, 15) is 4.79 Å². The molecule has 1 aromatic rings. The lowest BCUT2D eigenvalue weighted by Crippen LogP contribution is -2.47. The molecule has 2 rings (SSSR count). The summed E-state index contributed by atoms with van der Waals surface area (Å²) in [6.07, 6.45) is 1.88. The molecule has 1 fully saturated rings.